The summed E-state index contributed by atoms with van der Waals surface area (Å²) in [5, 5.41) is 2.87. The van der Waals surface area contributed by atoms with E-state index < -0.39 is 10.0 Å². The molecule has 2 N–H and O–H groups in total. The van der Waals surface area contributed by atoms with E-state index in [1.165, 1.54) is 12.1 Å². The third-order valence-corrected chi connectivity index (χ3v) is 6.31. The molecule has 0 unspecified atom stereocenters. The molecule has 1 aliphatic carbocycles. The van der Waals surface area contributed by atoms with Crippen molar-refractivity contribution in [1.82, 2.24) is 0 Å². The Hall–Kier alpha value is -2.34. The van der Waals surface area contributed by atoms with Crippen molar-refractivity contribution >= 4 is 27.3 Å². The van der Waals surface area contributed by atoms with E-state index in [1.54, 1.807) is 18.2 Å². The lowest BCUT2D eigenvalue weighted by Crippen LogP contribution is -2.20. The molecule has 0 heterocycles. The van der Waals surface area contributed by atoms with E-state index in [0.717, 1.165) is 36.8 Å². The van der Waals surface area contributed by atoms with Crippen molar-refractivity contribution < 1.29 is 13.2 Å². The number of hydrogen-bond acceptors (Lipinski definition) is 3. The number of sulfonamides is 1. The van der Waals surface area contributed by atoms with E-state index in [4.69, 9.17) is 0 Å². The molecule has 1 aliphatic rings. The van der Waals surface area contributed by atoms with Gasteiger partial charge in [-0.15, -0.1) is 0 Å². The molecule has 0 radical (unpaired) electrons. The molecule has 26 heavy (non-hydrogen) atoms. The summed E-state index contributed by atoms with van der Waals surface area (Å²) in [6.45, 7) is 3.92. The van der Waals surface area contributed by atoms with Crippen molar-refractivity contribution in [2.75, 3.05) is 10.0 Å². The molecule has 3 rings (SSSR count). The number of hydrogen-bond donors (Lipinski definition) is 2. The highest BCUT2D eigenvalue weighted by atomic mass is 32.2. The van der Waals surface area contributed by atoms with E-state index in [1.807, 2.05) is 26.0 Å². The number of aryl methyl sites for hydroxylation is 2. The minimum atomic E-state index is -3.67. The lowest BCUT2D eigenvalue weighted by molar-refractivity contribution is -0.119. The standard InChI is InChI=1S/C20H24N2O3S/c1-14-7-8-18(13-15(14)2)22-26(24,25)19-11-9-17(10-12-19)21-20(23)16-5-3-4-6-16/h7-13,16,22H,3-6H2,1-2H3,(H,21,23). The van der Waals surface area contributed by atoms with Crippen LogP contribution < -0.4 is 10.0 Å². The summed E-state index contributed by atoms with van der Waals surface area (Å²) in [6, 6.07) is 11.7. The Labute approximate surface area is 154 Å². The van der Waals surface area contributed by atoms with Crippen LogP contribution in [0.3, 0.4) is 0 Å². The minimum absolute atomic E-state index is 0.0198. The summed E-state index contributed by atoms with van der Waals surface area (Å²) in [5.41, 5.74) is 3.28. The van der Waals surface area contributed by atoms with Gasteiger partial charge in [0.1, 0.15) is 0 Å². The molecule has 138 valence electrons. The Morgan fingerprint density at radius 3 is 2.15 bits per heavy atom. The maximum Gasteiger partial charge on any atom is 0.261 e. The van der Waals surface area contributed by atoms with Crippen LogP contribution >= 0.6 is 0 Å². The van der Waals surface area contributed by atoms with Gasteiger partial charge >= 0.3 is 0 Å². The first-order valence-corrected chi connectivity index (χ1v) is 10.3. The Kier molecular flexibility index (Phi) is 5.32. The van der Waals surface area contributed by atoms with E-state index >= 15 is 0 Å². The van der Waals surface area contributed by atoms with Gasteiger partial charge in [0, 0.05) is 17.3 Å². The largest absolute Gasteiger partial charge is 0.326 e. The third kappa shape index (κ3) is 4.25. The van der Waals surface area contributed by atoms with Gasteiger partial charge in [-0.25, -0.2) is 8.42 Å². The van der Waals surface area contributed by atoms with E-state index in [9.17, 15) is 13.2 Å². The number of amides is 1. The van der Waals surface area contributed by atoms with Crippen LogP contribution in [0.15, 0.2) is 47.4 Å². The summed E-state index contributed by atoms with van der Waals surface area (Å²) in [4.78, 5) is 12.3. The second-order valence-corrected chi connectivity index (χ2v) is 8.58. The maximum absolute atomic E-state index is 12.5. The van der Waals surface area contributed by atoms with Crippen LogP contribution in [-0.4, -0.2) is 14.3 Å². The molecule has 1 fully saturated rings. The molecule has 0 atom stereocenters. The lowest BCUT2D eigenvalue weighted by Gasteiger charge is -2.12. The van der Waals surface area contributed by atoms with Crippen LogP contribution in [0.5, 0.6) is 0 Å². The van der Waals surface area contributed by atoms with Gasteiger partial charge in [0.05, 0.1) is 4.90 Å². The molecule has 2 aromatic rings. The average molecular weight is 372 g/mol. The van der Waals surface area contributed by atoms with E-state index in [-0.39, 0.29) is 16.7 Å². The van der Waals surface area contributed by atoms with Gasteiger partial charge in [-0.3, -0.25) is 9.52 Å². The van der Waals surface area contributed by atoms with Crippen LogP contribution in [0.4, 0.5) is 11.4 Å². The monoisotopic (exact) mass is 372 g/mol. The van der Waals surface area contributed by atoms with Crippen LogP contribution in [-0.2, 0) is 14.8 Å². The molecule has 0 spiro atoms. The van der Waals surface area contributed by atoms with Crippen molar-refractivity contribution in [3.63, 3.8) is 0 Å². The molecule has 0 saturated heterocycles. The Bertz CT molecular complexity index is 899. The van der Waals surface area contributed by atoms with Gasteiger partial charge in [0.15, 0.2) is 0 Å². The molecular weight excluding hydrogens is 348 g/mol. The second kappa shape index (κ2) is 7.50. The van der Waals surface area contributed by atoms with Gasteiger partial charge in [-0.05, 0) is 74.2 Å². The topological polar surface area (TPSA) is 75.3 Å². The fourth-order valence-corrected chi connectivity index (χ4v) is 4.22. The molecule has 2 aromatic carbocycles. The van der Waals surface area contributed by atoms with E-state index in [2.05, 4.69) is 10.0 Å². The molecule has 6 heteroatoms. The van der Waals surface area contributed by atoms with E-state index in [0.29, 0.717) is 11.4 Å². The number of benzene rings is 2. The fourth-order valence-electron chi connectivity index (χ4n) is 3.17. The number of nitrogens with one attached hydrogen (secondary N) is 2. The van der Waals surface area contributed by atoms with Gasteiger partial charge in [0.25, 0.3) is 10.0 Å². The number of rotatable bonds is 5. The third-order valence-electron chi connectivity index (χ3n) is 4.92. The zero-order valence-corrected chi connectivity index (χ0v) is 15.9. The molecule has 0 bridgehead atoms. The quantitative estimate of drug-likeness (QED) is 0.824. The van der Waals surface area contributed by atoms with Gasteiger partial charge in [-0.1, -0.05) is 18.9 Å². The van der Waals surface area contributed by atoms with Crippen molar-refractivity contribution in [2.45, 2.75) is 44.4 Å². The molecule has 5 nitrogen and oxygen atoms in total. The number of carbonyl (C=O) groups is 1. The average Bonchev–Trinajstić information content (AvgIpc) is 3.13. The fraction of sp³-hybridized carbons (Fsp3) is 0.350. The molecular formula is C20H24N2O3S. The highest BCUT2D eigenvalue weighted by molar-refractivity contribution is 7.92. The summed E-state index contributed by atoms with van der Waals surface area (Å²) < 4.78 is 27.7. The smallest absolute Gasteiger partial charge is 0.261 e. The van der Waals surface area contributed by atoms with Gasteiger partial charge in [0.2, 0.25) is 5.91 Å². The Morgan fingerprint density at radius 2 is 1.54 bits per heavy atom. The van der Waals surface area contributed by atoms with Crippen LogP contribution in [0.25, 0.3) is 0 Å². The zero-order chi connectivity index (χ0) is 18.7. The lowest BCUT2D eigenvalue weighted by atomic mass is 10.1. The molecule has 1 saturated carbocycles. The molecule has 1 amide bonds. The van der Waals surface area contributed by atoms with Crippen LogP contribution in [0.1, 0.15) is 36.8 Å². The van der Waals surface area contributed by atoms with Gasteiger partial charge < -0.3 is 5.32 Å². The van der Waals surface area contributed by atoms with Crippen LogP contribution in [0, 0.1) is 19.8 Å². The number of anilines is 2. The van der Waals surface area contributed by atoms with Crippen molar-refractivity contribution in [3.05, 3.63) is 53.6 Å². The predicted octanol–water partition coefficient (Wildman–Crippen LogP) is 4.23. The molecule has 0 aromatic heterocycles. The highest BCUT2D eigenvalue weighted by Crippen LogP contribution is 2.26. The van der Waals surface area contributed by atoms with Crippen molar-refractivity contribution in [1.29, 1.82) is 0 Å². The number of carbonyl (C=O) groups excluding carboxylic acids is 1. The first-order valence-electron chi connectivity index (χ1n) is 8.86. The van der Waals surface area contributed by atoms with Crippen LogP contribution in [0.2, 0.25) is 0 Å². The van der Waals surface area contributed by atoms with Crippen molar-refractivity contribution in [2.24, 2.45) is 5.92 Å². The molecule has 0 aliphatic heterocycles. The summed E-state index contributed by atoms with van der Waals surface area (Å²) in [7, 11) is -3.67. The SMILES string of the molecule is Cc1ccc(NS(=O)(=O)c2ccc(NC(=O)C3CCCC3)cc2)cc1C. The maximum atomic E-state index is 12.5. The first-order chi connectivity index (χ1) is 12.3. The normalized spacial score (nSPS) is 15.0. The van der Waals surface area contributed by atoms with Gasteiger partial charge in [-0.2, -0.15) is 0 Å². The Morgan fingerprint density at radius 1 is 0.923 bits per heavy atom. The zero-order valence-electron chi connectivity index (χ0n) is 15.1. The summed E-state index contributed by atoms with van der Waals surface area (Å²) in [5.74, 6) is 0.0937. The highest BCUT2D eigenvalue weighted by Gasteiger charge is 2.22. The Balaban J connectivity index is 1.70. The summed E-state index contributed by atoms with van der Waals surface area (Å²) in [6.07, 6.45) is 4.05. The predicted molar refractivity (Wildman–Crippen MR) is 104 cm³/mol. The minimum Gasteiger partial charge on any atom is -0.326 e. The van der Waals surface area contributed by atoms with Crippen molar-refractivity contribution in [3.8, 4) is 0 Å². The first kappa shape index (κ1) is 18.5. The second-order valence-electron chi connectivity index (χ2n) is 6.90. The summed E-state index contributed by atoms with van der Waals surface area (Å²) >= 11 is 0.